The second-order valence-corrected chi connectivity index (χ2v) is 7.30. The van der Waals surface area contributed by atoms with Gasteiger partial charge in [-0.3, -0.25) is 4.79 Å². The van der Waals surface area contributed by atoms with Crippen LogP contribution in [0.1, 0.15) is 50.9 Å². The van der Waals surface area contributed by atoms with Crippen molar-refractivity contribution in [1.29, 1.82) is 0 Å². The van der Waals surface area contributed by atoms with E-state index in [1.165, 1.54) is 4.90 Å². The maximum Gasteiger partial charge on any atom is 0.410 e. The van der Waals surface area contributed by atoms with Gasteiger partial charge < -0.3 is 14.7 Å². The van der Waals surface area contributed by atoms with Gasteiger partial charge in [-0.1, -0.05) is 5.21 Å². The molecule has 1 aromatic rings. The molecule has 0 bridgehead atoms. The number of carboxylic acid groups (broad SMARTS) is 1. The van der Waals surface area contributed by atoms with Crippen molar-refractivity contribution in [3.63, 3.8) is 0 Å². The SMILES string of the molecule is CC(C)(C)OC(=O)N1Cc2nnn(CC3CC3)c2C(C(=O)O)C1. The van der Waals surface area contributed by atoms with E-state index in [2.05, 4.69) is 10.3 Å². The van der Waals surface area contributed by atoms with Crippen LogP contribution in [0.5, 0.6) is 0 Å². The van der Waals surface area contributed by atoms with E-state index in [-0.39, 0.29) is 13.1 Å². The molecule has 0 aromatic carbocycles. The van der Waals surface area contributed by atoms with Crippen LogP contribution in [0.15, 0.2) is 0 Å². The fraction of sp³-hybridized carbons (Fsp3) is 0.733. The van der Waals surface area contributed by atoms with E-state index >= 15 is 0 Å². The monoisotopic (exact) mass is 322 g/mol. The highest BCUT2D eigenvalue weighted by molar-refractivity contribution is 5.78. The van der Waals surface area contributed by atoms with Gasteiger partial charge in [0, 0.05) is 13.1 Å². The number of carbonyl (C=O) groups is 2. The van der Waals surface area contributed by atoms with Crippen LogP contribution >= 0.6 is 0 Å². The van der Waals surface area contributed by atoms with Crippen molar-refractivity contribution >= 4 is 12.1 Å². The topological polar surface area (TPSA) is 97.5 Å². The minimum atomic E-state index is -0.973. The summed E-state index contributed by atoms with van der Waals surface area (Å²) in [5, 5.41) is 17.8. The number of rotatable bonds is 3. The molecule has 1 unspecified atom stereocenters. The quantitative estimate of drug-likeness (QED) is 0.908. The molecule has 0 spiro atoms. The van der Waals surface area contributed by atoms with Crippen LogP contribution in [0, 0.1) is 5.92 Å². The molecule has 23 heavy (non-hydrogen) atoms. The molecular weight excluding hydrogens is 300 g/mol. The first-order valence-electron chi connectivity index (χ1n) is 7.87. The Balaban J connectivity index is 1.83. The number of carboxylic acids is 1. The third kappa shape index (κ3) is 3.46. The average Bonchev–Trinajstić information content (AvgIpc) is 3.15. The minimum Gasteiger partial charge on any atom is -0.481 e. The van der Waals surface area contributed by atoms with Gasteiger partial charge in [-0.15, -0.1) is 5.10 Å². The lowest BCUT2D eigenvalue weighted by Gasteiger charge is -2.32. The van der Waals surface area contributed by atoms with E-state index in [0.717, 1.165) is 12.8 Å². The standard InChI is InChI=1S/C15H22N4O4/c1-15(2,3)23-14(22)18-7-10(13(20)21)12-11(8-18)16-17-19(12)6-9-4-5-9/h9-10H,4-8H2,1-3H3,(H,20,21). The van der Waals surface area contributed by atoms with Crippen LogP contribution in [0.25, 0.3) is 0 Å². The second-order valence-electron chi connectivity index (χ2n) is 7.30. The Bertz CT molecular complexity index is 630. The molecule has 3 rings (SSSR count). The molecule has 1 aromatic heterocycles. The molecule has 1 fully saturated rings. The van der Waals surface area contributed by atoms with Gasteiger partial charge in [0.15, 0.2) is 0 Å². The smallest absolute Gasteiger partial charge is 0.410 e. The van der Waals surface area contributed by atoms with Crippen LogP contribution in [-0.2, 0) is 22.6 Å². The summed E-state index contributed by atoms with van der Waals surface area (Å²) in [7, 11) is 0. The lowest BCUT2D eigenvalue weighted by molar-refractivity contribution is -0.139. The molecule has 2 aliphatic rings. The first-order valence-corrected chi connectivity index (χ1v) is 7.87. The first-order chi connectivity index (χ1) is 10.7. The molecule has 1 atom stereocenters. The van der Waals surface area contributed by atoms with Crippen molar-refractivity contribution in [3.05, 3.63) is 11.4 Å². The third-order valence-electron chi connectivity index (χ3n) is 4.00. The lowest BCUT2D eigenvalue weighted by Crippen LogP contribution is -2.43. The van der Waals surface area contributed by atoms with Gasteiger partial charge in [-0.2, -0.15) is 0 Å². The Morgan fingerprint density at radius 1 is 1.35 bits per heavy atom. The molecule has 1 N–H and O–H groups in total. The van der Waals surface area contributed by atoms with Gasteiger partial charge in [-0.25, -0.2) is 9.48 Å². The summed E-state index contributed by atoms with van der Waals surface area (Å²) in [6.45, 7) is 6.36. The normalized spacial score (nSPS) is 21.0. The lowest BCUT2D eigenvalue weighted by atomic mass is 9.98. The number of fused-ring (bicyclic) bond motifs is 1. The number of aliphatic carboxylic acids is 1. The maximum absolute atomic E-state index is 12.2. The Kier molecular flexibility index (Phi) is 3.77. The Morgan fingerprint density at radius 3 is 2.61 bits per heavy atom. The summed E-state index contributed by atoms with van der Waals surface area (Å²) in [6, 6.07) is 0. The van der Waals surface area contributed by atoms with Crippen molar-refractivity contribution in [3.8, 4) is 0 Å². The molecule has 2 heterocycles. The number of amides is 1. The third-order valence-corrected chi connectivity index (χ3v) is 4.00. The van der Waals surface area contributed by atoms with E-state index in [9.17, 15) is 14.7 Å². The summed E-state index contributed by atoms with van der Waals surface area (Å²) in [5.74, 6) is -1.22. The van der Waals surface area contributed by atoms with Crippen LogP contribution in [0.3, 0.4) is 0 Å². The maximum atomic E-state index is 12.2. The number of nitrogens with zero attached hydrogens (tertiary/aromatic N) is 4. The van der Waals surface area contributed by atoms with Crippen LogP contribution in [-0.4, -0.2) is 49.2 Å². The van der Waals surface area contributed by atoms with E-state index < -0.39 is 23.6 Å². The molecule has 0 radical (unpaired) electrons. The van der Waals surface area contributed by atoms with Crippen molar-refractivity contribution in [2.24, 2.45) is 5.92 Å². The largest absolute Gasteiger partial charge is 0.481 e. The highest BCUT2D eigenvalue weighted by Gasteiger charge is 2.39. The predicted molar refractivity (Wildman–Crippen MR) is 79.8 cm³/mol. The molecule has 126 valence electrons. The van der Waals surface area contributed by atoms with Gasteiger partial charge >= 0.3 is 12.1 Å². The summed E-state index contributed by atoms with van der Waals surface area (Å²) in [6.07, 6.45) is 1.78. The molecule has 1 aliphatic carbocycles. The number of hydrogen-bond donors (Lipinski definition) is 1. The van der Waals surface area contributed by atoms with E-state index in [1.54, 1.807) is 25.5 Å². The molecule has 1 amide bonds. The first kappa shape index (κ1) is 15.8. The molecular formula is C15H22N4O4. The van der Waals surface area contributed by atoms with Crippen molar-refractivity contribution in [2.45, 2.75) is 58.2 Å². The van der Waals surface area contributed by atoms with Gasteiger partial charge in [0.1, 0.15) is 17.2 Å². The van der Waals surface area contributed by atoms with Crippen molar-refractivity contribution in [1.82, 2.24) is 19.9 Å². The Morgan fingerprint density at radius 2 is 2.04 bits per heavy atom. The van der Waals surface area contributed by atoms with Gasteiger partial charge in [-0.05, 0) is 39.5 Å². The Hall–Kier alpha value is -2.12. The molecule has 1 saturated carbocycles. The van der Waals surface area contributed by atoms with Crippen molar-refractivity contribution in [2.75, 3.05) is 6.54 Å². The van der Waals surface area contributed by atoms with Crippen molar-refractivity contribution < 1.29 is 19.4 Å². The predicted octanol–water partition coefficient (Wildman–Crippen LogP) is 1.61. The summed E-state index contributed by atoms with van der Waals surface area (Å²) < 4.78 is 7.05. The van der Waals surface area contributed by atoms with Crippen LogP contribution in [0.2, 0.25) is 0 Å². The summed E-state index contributed by atoms with van der Waals surface area (Å²) >= 11 is 0. The zero-order valence-corrected chi connectivity index (χ0v) is 13.7. The zero-order valence-electron chi connectivity index (χ0n) is 13.7. The Labute approximate surface area is 134 Å². The van der Waals surface area contributed by atoms with Gasteiger partial charge in [0.05, 0.1) is 12.2 Å². The molecule has 8 heteroatoms. The van der Waals surface area contributed by atoms with Crippen LogP contribution in [0.4, 0.5) is 4.79 Å². The number of aromatic nitrogens is 3. The minimum absolute atomic E-state index is 0.0787. The average molecular weight is 322 g/mol. The molecule has 1 aliphatic heterocycles. The zero-order chi connectivity index (χ0) is 16.8. The fourth-order valence-corrected chi connectivity index (χ4v) is 2.74. The molecule has 0 saturated heterocycles. The van der Waals surface area contributed by atoms with Gasteiger partial charge in [0.25, 0.3) is 0 Å². The van der Waals surface area contributed by atoms with E-state index in [1.807, 2.05) is 0 Å². The summed E-state index contributed by atoms with van der Waals surface area (Å²) in [5.41, 5.74) is 0.555. The number of ether oxygens (including phenoxy) is 1. The second kappa shape index (κ2) is 5.50. The van der Waals surface area contributed by atoms with Gasteiger partial charge in [0.2, 0.25) is 0 Å². The fourth-order valence-electron chi connectivity index (χ4n) is 2.74. The van der Waals surface area contributed by atoms with Crippen LogP contribution < -0.4 is 0 Å². The summed E-state index contributed by atoms with van der Waals surface area (Å²) in [4.78, 5) is 25.3. The van der Waals surface area contributed by atoms with E-state index in [4.69, 9.17) is 4.74 Å². The number of carbonyl (C=O) groups excluding carboxylic acids is 1. The molecule has 8 nitrogen and oxygen atoms in total. The highest BCUT2D eigenvalue weighted by Crippen LogP contribution is 2.34. The number of hydrogen-bond acceptors (Lipinski definition) is 5. The highest BCUT2D eigenvalue weighted by atomic mass is 16.6. The van der Waals surface area contributed by atoms with E-state index in [0.29, 0.717) is 23.9 Å².